The summed E-state index contributed by atoms with van der Waals surface area (Å²) >= 11 is 0. The van der Waals surface area contributed by atoms with Gasteiger partial charge in [-0.05, 0) is 37.6 Å². The predicted octanol–water partition coefficient (Wildman–Crippen LogP) is 2.73. The summed E-state index contributed by atoms with van der Waals surface area (Å²) in [6, 6.07) is 7.28. The smallest absolute Gasteiger partial charge is 0.259 e. The molecule has 2 heterocycles. The molecule has 0 saturated carbocycles. The van der Waals surface area contributed by atoms with Crippen LogP contribution in [0.5, 0.6) is 5.75 Å². The molecule has 2 aromatic heterocycles. The number of rotatable bonds is 6. The van der Waals surface area contributed by atoms with Crippen molar-refractivity contribution < 1.29 is 9.84 Å². The van der Waals surface area contributed by atoms with Gasteiger partial charge in [0.2, 0.25) is 0 Å². The Labute approximate surface area is 139 Å². The van der Waals surface area contributed by atoms with Crippen molar-refractivity contribution in [1.82, 2.24) is 14.5 Å². The minimum atomic E-state index is -0.202. The van der Waals surface area contributed by atoms with Crippen LogP contribution in [-0.2, 0) is 0 Å². The normalized spacial score (nSPS) is 12.5. The lowest BCUT2D eigenvalue weighted by Crippen LogP contribution is -2.17. The van der Waals surface area contributed by atoms with E-state index < -0.39 is 0 Å². The summed E-state index contributed by atoms with van der Waals surface area (Å²) in [5.74, 6) is 1.31. The van der Waals surface area contributed by atoms with Gasteiger partial charge in [0.25, 0.3) is 5.56 Å². The second-order valence-electron chi connectivity index (χ2n) is 5.60. The standard InChI is InChI=1S/C18H21N3O3/c1-3-13(11-22)21-8-7-19-17(21)15-10-12-9-14(24-4-2)5-6-16(12)20-18(15)23/h5-10,13,22H,3-4,11H2,1-2H3,(H,20,23)/t13-/m0/s1. The fourth-order valence-corrected chi connectivity index (χ4v) is 2.84. The first-order chi connectivity index (χ1) is 11.7. The number of aromatic nitrogens is 3. The van der Waals surface area contributed by atoms with Crippen LogP contribution in [0.25, 0.3) is 22.3 Å². The Morgan fingerprint density at radius 3 is 2.88 bits per heavy atom. The summed E-state index contributed by atoms with van der Waals surface area (Å²) in [5.41, 5.74) is 1.03. The van der Waals surface area contributed by atoms with E-state index in [0.717, 1.165) is 23.1 Å². The van der Waals surface area contributed by atoms with E-state index in [1.54, 1.807) is 12.4 Å². The number of imidazole rings is 1. The molecule has 0 aliphatic carbocycles. The molecule has 1 aromatic carbocycles. The first-order valence-corrected chi connectivity index (χ1v) is 8.11. The Hall–Kier alpha value is -2.60. The lowest BCUT2D eigenvalue weighted by atomic mass is 10.1. The van der Waals surface area contributed by atoms with Crippen LogP contribution >= 0.6 is 0 Å². The maximum Gasteiger partial charge on any atom is 0.259 e. The highest BCUT2D eigenvalue weighted by Crippen LogP contribution is 2.24. The lowest BCUT2D eigenvalue weighted by molar-refractivity contribution is 0.225. The minimum absolute atomic E-state index is 0.000165. The second-order valence-corrected chi connectivity index (χ2v) is 5.60. The van der Waals surface area contributed by atoms with E-state index in [1.807, 2.05) is 42.7 Å². The molecule has 0 bridgehead atoms. The van der Waals surface area contributed by atoms with Crippen LogP contribution < -0.4 is 10.3 Å². The van der Waals surface area contributed by atoms with Gasteiger partial charge in [-0.15, -0.1) is 0 Å². The fraction of sp³-hybridized carbons (Fsp3) is 0.333. The van der Waals surface area contributed by atoms with E-state index in [9.17, 15) is 9.90 Å². The molecular weight excluding hydrogens is 306 g/mol. The number of pyridine rings is 1. The summed E-state index contributed by atoms with van der Waals surface area (Å²) in [4.78, 5) is 19.7. The zero-order valence-corrected chi connectivity index (χ0v) is 13.8. The zero-order chi connectivity index (χ0) is 17.1. The van der Waals surface area contributed by atoms with Crippen LogP contribution in [0, 0.1) is 0 Å². The number of hydrogen-bond donors (Lipinski definition) is 2. The van der Waals surface area contributed by atoms with Gasteiger partial charge < -0.3 is 19.4 Å². The molecule has 3 rings (SSSR count). The molecule has 0 radical (unpaired) electrons. The number of benzene rings is 1. The molecule has 6 heteroatoms. The molecule has 6 nitrogen and oxygen atoms in total. The minimum Gasteiger partial charge on any atom is -0.494 e. The molecule has 126 valence electrons. The van der Waals surface area contributed by atoms with Crippen LogP contribution in [0.2, 0.25) is 0 Å². The van der Waals surface area contributed by atoms with E-state index >= 15 is 0 Å². The van der Waals surface area contributed by atoms with Crippen molar-refractivity contribution >= 4 is 10.9 Å². The SMILES string of the molecule is CCOc1ccc2[nH]c(=O)c(-c3nccn3[C@@H](CC)CO)cc2c1. The van der Waals surface area contributed by atoms with Crippen molar-refractivity contribution in [3.8, 4) is 17.1 Å². The third-order valence-electron chi connectivity index (χ3n) is 4.11. The molecule has 0 spiro atoms. The van der Waals surface area contributed by atoms with Gasteiger partial charge in [0.15, 0.2) is 0 Å². The van der Waals surface area contributed by atoms with Gasteiger partial charge in [-0.1, -0.05) is 6.92 Å². The van der Waals surface area contributed by atoms with E-state index in [2.05, 4.69) is 9.97 Å². The first-order valence-electron chi connectivity index (χ1n) is 8.11. The largest absolute Gasteiger partial charge is 0.494 e. The lowest BCUT2D eigenvalue weighted by Gasteiger charge is -2.16. The van der Waals surface area contributed by atoms with Gasteiger partial charge in [0, 0.05) is 23.3 Å². The second kappa shape index (κ2) is 6.88. The van der Waals surface area contributed by atoms with Gasteiger partial charge >= 0.3 is 0 Å². The molecule has 0 aliphatic heterocycles. The summed E-state index contributed by atoms with van der Waals surface area (Å²) in [7, 11) is 0. The Morgan fingerprint density at radius 2 is 2.17 bits per heavy atom. The average Bonchev–Trinajstić information content (AvgIpc) is 3.05. The van der Waals surface area contributed by atoms with Crippen LogP contribution in [-0.4, -0.2) is 32.9 Å². The number of H-pyrrole nitrogens is 1. The predicted molar refractivity (Wildman–Crippen MR) is 93.4 cm³/mol. The monoisotopic (exact) mass is 327 g/mol. The highest BCUT2D eigenvalue weighted by Gasteiger charge is 2.16. The van der Waals surface area contributed by atoms with Gasteiger partial charge in [-0.25, -0.2) is 4.98 Å². The number of hydrogen-bond acceptors (Lipinski definition) is 4. The number of aromatic amines is 1. The van der Waals surface area contributed by atoms with Gasteiger partial charge in [0.05, 0.1) is 24.8 Å². The van der Waals surface area contributed by atoms with E-state index in [4.69, 9.17) is 4.74 Å². The summed E-state index contributed by atoms with van der Waals surface area (Å²) in [5, 5.41) is 10.4. The van der Waals surface area contributed by atoms with Crippen LogP contribution in [0.3, 0.4) is 0 Å². The molecule has 0 aliphatic rings. The number of aliphatic hydroxyl groups excluding tert-OH is 1. The average molecular weight is 327 g/mol. The van der Waals surface area contributed by atoms with Crippen molar-refractivity contribution in [2.45, 2.75) is 26.3 Å². The Balaban J connectivity index is 2.14. The molecule has 2 N–H and O–H groups in total. The highest BCUT2D eigenvalue weighted by molar-refractivity contribution is 5.83. The maximum atomic E-state index is 12.5. The van der Waals surface area contributed by atoms with Crippen molar-refractivity contribution in [3.63, 3.8) is 0 Å². The molecule has 0 unspecified atom stereocenters. The molecule has 0 fully saturated rings. The molecule has 0 saturated heterocycles. The van der Waals surface area contributed by atoms with Crippen LogP contribution in [0.1, 0.15) is 26.3 Å². The number of aliphatic hydroxyl groups is 1. The third kappa shape index (κ3) is 2.92. The van der Waals surface area contributed by atoms with Crippen molar-refractivity contribution in [1.29, 1.82) is 0 Å². The summed E-state index contributed by atoms with van der Waals surface area (Å²) in [6.07, 6.45) is 4.19. The first kappa shape index (κ1) is 16.3. The number of nitrogens with one attached hydrogen (secondary N) is 1. The Bertz CT molecular complexity index is 894. The Morgan fingerprint density at radius 1 is 1.33 bits per heavy atom. The molecule has 3 aromatic rings. The number of ether oxygens (including phenoxy) is 1. The van der Waals surface area contributed by atoms with Gasteiger partial charge in [0.1, 0.15) is 11.6 Å². The molecule has 24 heavy (non-hydrogen) atoms. The maximum absolute atomic E-state index is 12.5. The van der Waals surface area contributed by atoms with E-state index in [1.165, 1.54) is 0 Å². The number of nitrogens with zero attached hydrogens (tertiary/aromatic N) is 2. The molecule has 1 atom stereocenters. The summed E-state index contributed by atoms with van der Waals surface area (Å²) < 4.78 is 7.38. The highest BCUT2D eigenvalue weighted by atomic mass is 16.5. The third-order valence-corrected chi connectivity index (χ3v) is 4.11. The van der Waals surface area contributed by atoms with Crippen molar-refractivity contribution in [2.24, 2.45) is 0 Å². The quantitative estimate of drug-likeness (QED) is 0.729. The Kier molecular flexibility index (Phi) is 4.66. The van der Waals surface area contributed by atoms with Crippen LogP contribution in [0.4, 0.5) is 0 Å². The van der Waals surface area contributed by atoms with E-state index in [-0.39, 0.29) is 18.2 Å². The molecule has 0 amide bonds. The zero-order valence-electron chi connectivity index (χ0n) is 13.8. The van der Waals surface area contributed by atoms with Gasteiger partial charge in [-0.3, -0.25) is 4.79 Å². The molecular formula is C18H21N3O3. The topological polar surface area (TPSA) is 80.1 Å². The van der Waals surface area contributed by atoms with Crippen molar-refractivity contribution in [3.05, 3.63) is 47.0 Å². The van der Waals surface area contributed by atoms with Gasteiger partial charge in [-0.2, -0.15) is 0 Å². The van der Waals surface area contributed by atoms with Crippen LogP contribution in [0.15, 0.2) is 41.5 Å². The van der Waals surface area contributed by atoms with Crippen molar-refractivity contribution in [2.75, 3.05) is 13.2 Å². The van der Waals surface area contributed by atoms with E-state index in [0.29, 0.717) is 18.0 Å². The summed E-state index contributed by atoms with van der Waals surface area (Å²) in [6.45, 7) is 4.50. The fourth-order valence-electron chi connectivity index (χ4n) is 2.84. The number of fused-ring (bicyclic) bond motifs is 1.